The summed E-state index contributed by atoms with van der Waals surface area (Å²) in [6.45, 7) is 2.47. The van der Waals surface area contributed by atoms with E-state index < -0.39 is 10.0 Å². The Balaban J connectivity index is 1.51. The van der Waals surface area contributed by atoms with Gasteiger partial charge in [-0.05, 0) is 43.6 Å². The summed E-state index contributed by atoms with van der Waals surface area (Å²) in [5.41, 5.74) is 1.47. The number of anilines is 1. The number of thiophene rings is 1. The van der Waals surface area contributed by atoms with Crippen molar-refractivity contribution in [2.75, 3.05) is 37.8 Å². The lowest BCUT2D eigenvalue weighted by Crippen LogP contribution is -2.39. The molecule has 0 unspecified atom stereocenters. The number of aromatic nitrogens is 2. The van der Waals surface area contributed by atoms with Crippen molar-refractivity contribution in [1.29, 1.82) is 0 Å². The molecule has 2 aromatic heterocycles. The fourth-order valence-corrected chi connectivity index (χ4v) is 5.68. The van der Waals surface area contributed by atoms with Gasteiger partial charge in [0.1, 0.15) is 17.0 Å². The fraction of sp³-hybridized carbons (Fsp3) is 0.647. The van der Waals surface area contributed by atoms with Gasteiger partial charge in [-0.2, -0.15) is 0 Å². The number of hydrogen-bond acceptors (Lipinski definition) is 6. The first kappa shape index (κ1) is 17.2. The van der Waals surface area contributed by atoms with Crippen LogP contribution in [-0.2, 0) is 22.9 Å². The highest BCUT2D eigenvalue weighted by Gasteiger charge is 2.27. The summed E-state index contributed by atoms with van der Waals surface area (Å²) in [5, 5.41) is 1.27. The molecule has 1 aliphatic heterocycles. The third-order valence-corrected chi connectivity index (χ3v) is 7.96. The Morgan fingerprint density at radius 3 is 2.76 bits per heavy atom. The molecular weight excluding hydrogens is 356 g/mol. The van der Waals surface area contributed by atoms with Crippen molar-refractivity contribution >= 4 is 37.4 Å². The second-order valence-electron chi connectivity index (χ2n) is 7.21. The predicted octanol–water partition coefficient (Wildman–Crippen LogP) is 2.29. The molecule has 0 saturated carbocycles. The molecule has 1 fully saturated rings. The Morgan fingerprint density at radius 1 is 1.28 bits per heavy atom. The van der Waals surface area contributed by atoms with Gasteiger partial charge in [-0.1, -0.05) is 0 Å². The molecule has 2 aromatic rings. The van der Waals surface area contributed by atoms with Gasteiger partial charge in [-0.3, -0.25) is 0 Å². The van der Waals surface area contributed by atoms with E-state index in [1.54, 1.807) is 13.4 Å². The summed E-state index contributed by atoms with van der Waals surface area (Å²) in [5.74, 6) is 1.50. The molecule has 3 heterocycles. The van der Waals surface area contributed by atoms with Gasteiger partial charge in [0.2, 0.25) is 10.0 Å². The predicted molar refractivity (Wildman–Crippen MR) is 102 cm³/mol. The lowest BCUT2D eigenvalue weighted by molar-refractivity contribution is 0.329. The monoisotopic (exact) mass is 380 g/mol. The summed E-state index contributed by atoms with van der Waals surface area (Å²) < 4.78 is 24.7. The number of fused-ring (bicyclic) bond motifs is 3. The summed E-state index contributed by atoms with van der Waals surface area (Å²) >= 11 is 1.83. The molecule has 0 spiro atoms. The Morgan fingerprint density at radius 2 is 2.04 bits per heavy atom. The minimum absolute atomic E-state index is 0.418. The molecule has 25 heavy (non-hydrogen) atoms. The Hall–Kier alpha value is -1.25. The van der Waals surface area contributed by atoms with E-state index in [4.69, 9.17) is 0 Å². The topological polar surface area (TPSA) is 66.4 Å². The molecule has 0 N–H and O–H groups in total. The summed E-state index contributed by atoms with van der Waals surface area (Å²) in [4.78, 5) is 14.1. The first-order valence-corrected chi connectivity index (χ1v) is 11.5. The normalized spacial score (nSPS) is 19.1. The Kier molecular flexibility index (Phi) is 4.45. The van der Waals surface area contributed by atoms with E-state index in [1.807, 2.05) is 11.3 Å². The van der Waals surface area contributed by atoms with Crippen LogP contribution in [0.1, 0.15) is 29.7 Å². The van der Waals surface area contributed by atoms with Crippen molar-refractivity contribution in [2.45, 2.75) is 32.1 Å². The molecule has 8 heteroatoms. The van der Waals surface area contributed by atoms with Gasteiger partial charge in [-0.25, -0.2) is 22.7 Å². The van der Waals surface area contributed by atoms with Crippen molar-refractivity contribution in [1.82, 2.24) is 14.3 Å². The van der Waals surface area contributed by atoms with E-state index in [-0.39, 0.29) is 0 Å². The van der Waals surface area contributed by atoms with E-state index >= 15 is 0 Å². The number of hydrogen-bond donors (Lipinski definition) is 0. The third kappa shape index (κ3) is 3.27. The van der Waals surface area contributed by atoms with Gasteiger partial charge in [0.15, 0.2) is 0 Å². The first-order chi connectivity index (χ1) is 11.9. The van der Waals surface area contributed by atoms with Crippen LogP contribution in [0, 0.1) is 5.92 Å². The van der Waals surface area contributed by atoms with Gasteiger partial charge >= 0.3 is 0 Å². The molecule has 1 aliphatic carbocycles. The molecule has 1 saturated heterocycles. The quantitative estimate of drug-likeness (QED) is 0.814. The minimum Gasteiger partial charge on any atom is -0.356 e. The van der Waals surface area contributed by atoms with E-state index in [0.29, 0.717) is 12.5 Å². The lowest BCUT2D eigenvalue weighted by atomic mass is 9.96. The van der Waals surface area contributed by atoms with E-state index in [0.717, 1.165) is 43.0 Å². The molecule has 2 aliphatic rings. The second kappa shape index (κ2) is 6.48. The molecule has 0 atom stereocenters. The summed E-state index contributed by atoms with van der Waals surface area (Å²) in [7, 11) is -1.42. The van der Waals surface area contributed by atoms with Crippen LogP contribution in [0.3, 0.4) is 0 Å². The average Bonchev–Trinajstić information content (AvgIpc) is 3.15. The van der Waals surface area contributed by atoms with Gasteiger partial charge in [0.05, 0.1) is 11.6 Å². The van der Waals surface area contributed by atoms with E-state index in [1.165, 1.54) is 39.2 Å². The molecule has 0 radical (unpaired) electrons. The van der Waals surface area contributed by atoms with Crippen LogP contribution >= 0.6 is 11.3 Å². The van der Waals surface area contributed by atoms with Gasteiger partial charge in [0.25, 0.3) is 0 Å². The maximum absolute atomic E-state index is 11.6. The maximum Gasteiger partial charge on any atom is 0.210 e. The third-order valence-electron chi connectivity index (χ3n) is 5.48. The van der Waals surface area contributed by atoms with Crippen molar-refractivity contribution in [3.05, 3.63) is 16.8 Å². The average molecular weight is 381 g/mol. The SMILES string of the molecule is CN(CC1CCN(c2ncnc3sc4c(c23)CCC4)CC1)S(C)(=O)=O. The van der Waals surface area contributed by atoms with Gasteiger partial charge < -0.3 is 4.90 Å². The molecule has 6 nitrogen and oxygen atoms in total. The molecule has 0 aromatic carbocycles. The molecular formula is C17H24N4O2S2. The van der Waals surface area contributed by atoms with Crippen LogP contribution in [0.2, 0.25) is 0 Å². The molecule has 4 rings (SSSR count). The van der Waals surface area contributed by atoms with Crippen molar-refractivity contribution in [3.8, 4) is 0 Å². The number of piperidine rings is 1. The second-order valence-corrected chi connectivity index (χ2v) is 10.4. The zero-order chi connectivity index (χ0) is 17.6. The summed E-state index contributed by atoms with van der Waals surface area (Å²) in [6.07, 6.45) is 8.52. The largest absolute Gasteiger partial charge is 0.356 e. The zero-order valence-corrected chi connectivity index (χ0v) is 16.4. The van der Waals surface area contributed by atoms with Crippen molar-refractivity contribution in [2.24, 2.45) is 5.92 Å². The van der Waals surface area contributed by atoms with Crippen LogP contribution in [0.15, 0.2) is 6.33 Å². The number of sulfonamides is 1. The summed E-state index contributed by atoms with van der Waals surface area (Å²) in [6, 6.07) is 0. The highest BCUT2D eigenvalue weighted by Crippen LogP contribution is 2.40. The first-order valence-electron chi connectivity index (χ1n) is 8.85. The van der Waals surface area contributed by atoms with Crippen LogP contribution in [0.4, 0.5) is 5.82 Å². The van der Waals surface area contributed by atoms with Crippen LogP contribution < -0.4 is 4.90 Å². The van der Waals surface area contributed by atoms with Crippen LogP contribution in [0.25, 0.3) is 10.2 Å². The van der Waals surface area contributed by atoms with Crippen LogP contribution in [0.5, 0.6) is 0 Å². The van der Waals surface area contributed by atoms with Crippen molar-refractivity contribution < 1.29 is 8.42 Å². The zero-order valence-electron chi connectivity index (χ0n) is 14.7. The van der Waals surface area contributed by atoms with Crippen LogP contribution in [-0.4, -0.2) is 55.6 Å². The molecule has 0 bridgehead atoms. The lowest BCUT2D eigenvalue weighted by Gasteiger charge is -2.34. The number of aryl methyl sites for hydroxylation is 2. The van der Waals surface area contributed by atoms with E-state index in [2.05, 4.69) is 14.9 Å². The molecule has 136 valence electrons. The van der Waals surface area contributed by atoms with Gasteiger partial charge in [-0.15, -0.1) is 11.3 Å². The van der Waals surface area contributed by atoms with E-state index in [9.17, 15) is 8.42 Å². The van der Waals surface area contributed by atoms with Crippen molar-refractivity contribution in [3.63, 3.8) is 0 Å². The smallest absolute Gasteiger partial charge is 0.210 e. The number of nitrogens with zero attached hydrogens (tertiary/aromatic N) is 4. The number of rotatable bonds is 4. The fourth-order valence-electron chi connectivity index (χ4n) is 3.98. The Bertz CT molecular complexity index is 885. The highest BCUT2D eigenvalue weighted by atomic mass is 32.2. The standard InChI is InChI=1S/C17H24N4O2S2/c1-20(25(2,22)23)10-12-6-8-21(9-7-12)16-15-13-4-3-5-14(13)24-17(15)19-11-18-16/h11-12H,3-10H2,1-2H3. The Labute approximate surface area is 152 Å². The maximum atomic E-state index is 11.6. The highest BCUT2D eigenvalue weighted by molar-refractivity contribution is 7.88. The van der Waals surface area contributed by atoms with Gasteiger partial charge in [0, 0.05) is 31.6 Å². The molecule has 0 amide bonds. The minimum atomic E-state index is -3.10.